The summed E-state index contributed by atoms with van der Waals surface area (Å²) in [6.07, 6.45) is 0. The normalized spacial score (nSPS) is 10.9. The Bertz CT molecular complexity index is 495. The molecule has 104 valence electrons. The summed E-state index contributed by atoms with van der Waals surface area (Å²) < 4.78 is 0. The van der Waals surface area contributed by atoms with Gasteiger partial charge in [0.25, 0.3) is 5.91 Å². The molecule has 0 saturated heterocycles. The number of hydrogen-bond acceptors (Lipinski definition) is 3. The van der Waals surface area contributed by atoms with Crippen molar-refractivity contribution in [2.75, 3.05) is 12.3 Å². The molecular formula is C13H18ClN3O2. The van der Waals surface area contributed by atoms with E-state index in [1.807, 2.05) is 20.8 Å². The van der Waals surface area contributed by atoms with Crippen LogP contribution < -0.4 is 16.4 Å². The van der Waals surface area contributed by atoms with Crippen molar-refractivity contribution in [3.63, 3.8) is 0 Å². The van der Waals surface area contributed by atoms with Crippen molar-refractivity contribution in [3.8, 4) is 0 Å². The van der Waals surface area contributed by atoms with Crippen LogP contribution in [-0.2, 0) is 4.79 Å². The zero-order valence-corrected chi connectivity index (χ0v) is 12.0. The second-order valence-electron chi connectivity index (χ2n) is 5.22. The lowest BCUT2D eigenvalue weighted by Crippen LogP contribution is -2.45. The highest BCUT2D eigenvalue weighted by atomic mass is 35.5. The average Bonchev–Trinajstić information content (AvgIpc) is 2.27. The predicted octanol–water partition coefficient (Wildman–Crippen LogP) is 1.57. The highest BCUT2D eigenvalue weighted by Gasteiger charge is 2.16. The van der Waals surface area contributed by atoms with Gasteiger partial charge in [-0.25, -0.2) is 0 Å². The summed E-state index contributed by atoms with van der Waals surface area (Å²) in [5.74, 6) is -0.692. The van der Waals surface area contributed by atoms with Gasteiger partial charge in [-0.3, -0.25) is 9.59 Å². The van der Waals surface area contributed by atoms with Gasteiger partial charge in [0.15, 0.2) is 0 Å². The van der Waals surface area contributed by atoms with Crippen LogP contribution in [0.4, 0.5) is 5.69 Å². The number of nitrogen functional groups attached to an aromatic ring is 1. The third kappa shape index (κ3) is 5.18. The Morgan fingerprint density at radius 2 is 1.95 bits per heavy atom. The Kier molecular flexibility index (Phi) is 4.78. The van der Waals surface area contributed by atoms with Gasteiger partial charge >= 0.3 is 0 Å². The molecule has 19 heavy (non-hydrogen) atoms. The Labute approximate surface area is 117 Å². The molecule has 0 heterocycles. The van der Waals surface area contributed by atoms with Crippen LogP contribution in [0.5, 0.6) is 0 Å². The molecule has 4 N–H and O–H groups in total. The number of carbonyl (C=O) groups excluding carboxylic acids is 2. The molecule has 0 aliphatic carbocycles. The van der Waals surface area contributed by atoms with E-state index in [0.717, 1.165) is 0 Å². The first kappa shape index (κ1) is 15.3. The molecule has 0 fully saturated rings. The predicted molar refractivity (Wildman–Crippen MR) is 76.1 cm³/mol. The number of carbonyl (C=O) groups is 2. The lowest BCUT2D eigenvalue weighted by atomic mass is 10.1. The van der Waals surface area contributed by atoms with Gasteiger partial charge in [-0.1, -0.05) is 11.6 Å². The van der Waals surface area contributed by atoms with Crippen molar-refractivity contribution in [1.29, 1.82) is 0 Å². The number of rotatable bonds is 3. The maximum Gasteiger partial charge on any atom is 0.253 e. The van der Waals surface area contributed by atoms with Crippen molar-refractivity contribution >= 4 is 29.1 Å². The number of halogens is 1. The van der Waals surface area contributed by atoms with E-state index in [1.165, 1.54) is 6.07 Å². The fourth-order valence-corrected chi connectivity index (χ4v) is 1.64. The van der Waals surface area contributed by atoms with E-state index in [4.69, 9.17) is 17.3 Å². The smallest absolute Gasteiger partial charge is 0.253 e. The number of anilines is 1. The van der Waals surface area contributed by atoms with Crippen molar-refractivity contribution in [2.24, 2.45) is 0 Å². The zero-order chi connectivity index (χ0) is 14.6. The van der Waals surface area contributed by atoms with Crippen LogP contribution in [-0.4, -0.2) is 23.9 Å². The maximum atomic E-state index is 11.9. The minimum Gasteiger partial charge on any atom is -0.399 e. The van der Waals surface area contributed by atoms with Gasteiger partial charge in [0.2, 0.25) is 5.91 Å². The number of hydrogen-bond donors (Lipinski definition) is 3. The Hall–Kier alpha value is -1.75. The molecule has 6 heteroatoms. The molecule has 0 spiro atoms. The molecule has 2 amide bonds. The van der Waals surface area contributed by atoms with Crippen molar-refractivity contribution in [1.82, 2.24) is 10.6 Å². The van der Waals surface area contributed by atoms with Gasteiger partial charge in [0, 0.05) is 11.2 Å². The highest BCUT2D eigenvalue weighted by molar-refractivity contribution is 6.34. The topological polar surface area (TPSA) is 84.2 Å². The van der Waals surface area contributed by atoms with Crippen molar-refractivity contribution in [3.05, 3.63) is 28.8 Å². The molecule has 0 aliphatic heterocycles. The van der Waals surface area contributed by atoms with Crippen LogP contribution in [0.1, 0.15) is 31.1 Å². The van der Waals surface area contributed by atoms with Gasteiger partial charge in [0.1, 0.15) is 0 Å². The van der Waals surface area contributed by atoms with E-state index in [0.29, 0.717) is 10.7 Å². The molecule has 0 unspecified atom stereocenters. The molecule has 1 aromatic carbocycles. The third-order valence-corrected chi connectivity index (χ3v) is 2.49. The minimum atomic E-state index is -0.429. The molecule has 5 nitrogen and oxygen atoms in total. The van der Waals surface area contributed by atoms with E-state index >= 15 is 0 Å². The number of nitrogens with one attached hydrogen (secondary N) is 2. The average molecular weight is 284 g/mol. The molecule has 0 bridgehead atoms. The van der Waals surface area contributed by atoms with Gasteiger partial charge in [0.05, 0.1) is 17.1 Å². The van der Waals surface area contributed by atoms with Crippen LogP contribution >= 0.6 is 11.6 Å². The lowest BCUT2D eigenvalue weighted by molar-refractivity contribution is -0.121. The molecule has 0 radical (unpaired) electrons. The molecule has 0 aliphatic rings. The van der Waals surface area contributed by atoms with Gasteiger partial charge in [-0.05, 0) is 39.0 Å². The fraction of sp³-hybridized carbons (Fsp3) is 0.385. The van der Waals surface area contributed by atoms with Gasteiger partial charge in [-0.15, -0.1) is 0 Å². The van der Waals surface area contributed by atoms with Crippen LogP contribution in [0, 0.1) is 0 Å². The standard InChI is InChI=1S/C13H18ClN3O2/c1-13(2,3)17-11(18)7-16-12(19)9-6-8(15)4-5-10(9)14/h4-6H,7,15H2,1-3H3,(H,16,19)(H,17,18). The van der Waals surface area contributed by atoms with Crippen LogP contribution in [0.2, 0.25) is 5.02 Å². The molecule has 0 aromatic heterocycles. The van der Waals surface area contributed by atoms with Crippen LogP contribution in [0.15, 0.2) is 18.2 Å². The van der Waals surface area contributed by atoms with Crippen LogP contribution in [0.3, 0.4) is 0 Å². The molecule has 1 aromatic rings. The van der Waals surface area contributed by atoms with Crippen LogP contribution in [0.25, 0.3) is 0 Å². The van der Waals surface area contributed by atoms with E-state index < -0.39 is 5.91 Å². The number of nitrogens with two attached hydrogens (primary N) is 1. The first-order chi connectivity index (χ1) is 8.69. The Morgan fingerprint density at radius 1 is 1.32 bits per heavy atom. The van der Waals surface area contributed by atoms with Gasteiger partial charge in [-0.2, -0.15) is 0 Å². The van der Waals surface area contributed by atoms with Gasteiger partial charge < -0.3 is 16.4 Å². The summed E-state index contributed by atoms with van der Waals surface area (Å²) in [4.78, 5) is 23.4. The molecular weight excluding hydrogens is 266 g/mol. The molecule has 0 saturated carbocycles. The summed E-state index contributed by atoms with van der Waals surface area (Å²) >= 11 is 5.90. The second kappa shape index (κ2) is 5.93. The third-order valence-electron chi connectivity index (χ3n) is 2.16. The highest BCUT2D eigenvalue weighted by Crippen LogP contribution is 2.18. The monoisotopic (exact) mass is 283 g/mol. The Balaban J connectivity index is 2.61. The van der Waals surface area contributed by atoms with E-state index in [-0.39, 0.29) is 23.6 Å². The summed E-state index contributed by atoms with van der Waals surface area (Å²) in [5.41, 5.74) is 5.94. The summed E-state index contributed by atoms with van der Waals surface area (Å²) in [6.45, 7) is 5.48. The molecule has 0 atom stereocenters. The zero-order valence-electron chi connectivity index (χ0n) is 11.2. The maximum absolute atomic E-state index is 11.9. The van der Waals surface area contributed by atoms with E-state index in [2.05, 4.69) is 10.6 Å². The fourth-order valence-electron chi connectivity index (χ4n) is 1.44. The number of amides is 2. The lowest BCUT2D eigenvalue weighted by Gasteiger charge is -2.20. The quantitative estimate of drug-likeness (QED) is 0.736. The molecule has 1 rings (SSSR count). The number of benzene rings is 1. The summed E-state index contributed by atoms with van der Waals surface area (Å²) in [7, 11) is 0. The van der Waals surface area contributed by atoms with Crippen molar-refractivity contribution < 1.29 is 9.59 Å². The van der Waals surface area contributed by atoms with E-state index in [1.54, 1.807) is 12.1 Å². The minimum absolute atomic E-state index is 0.110. The largest absolute Gasteiger partial charge is 0.399 e. The first-order valence-corrected chi connectivity index (χ1v) is 6.21. The Morgan fingerprint density at radius 3 is 2.53 bits per heavy atom. The summed E-state index contributed by atoms with van der Waals surface area (Å²) in [5, 5.41) is 5.53. The summed E-state index contributed by atoms with van der Waals surface area (Å²) in [6, 6.07) is 4.62. The second-order valence-corrected chi connectivity index (χ2v) is 5.63. The SMILES string of the molecule is CC(C)(C)NC(=O)CNC(=O)c1cc(N)ccc1Cl. The first-order valence-electron chi connectivity index (χ1n) is 5.83. The van der Waals surface area contributed by atoms with E-state index in [9.17, 15) is 9.59 Å². The van der Waals surface area contributed by atoms with Crippen molar-refractivity contribution in [2.45, 2.75) is 26.3 Å².